The highest BCUT2D eigenvalue weighted by Crippen LogP contribution is 2.31. The zero-order valence-electron chi connectivity index (χ0n) is 8.86. The van der Waals surface area contributed by atoms with E-state index in [0.717, 1.165) is 11.1 Å². The van der Waals surface area contributed by atoms with E-state index in [4.69, 9.17) is 0 Å². The van der Waals surface area contributed by atoms with E-state index < -0.39 is 0 Å². The fourth-order valence-corrected chi connectivity index (χ4v) is 1.62. The van der Waals surface area contributed by atoms with Crippen LogP contribution in [0.2, 0.25) is 0 Å². The Morgan fingerprint density at radius 1 is 0.692 bits per heavy atom. The van der Waals surface area contributed by atoms with Crippen LogP contribution in [0, 0.1) is 39.5 Å². The SMILES string of the molecule is Cc1c(C)c(C)c(N=O)c(C)c1C. The molecule has 1 rings (SSSR count). The Hall–Kier alpha value is -1.18. The zero-order valence-corrected chi connectivity index (χ0v) is 8.86. The van der Waals surface area contributed by atoms with Crippen molar-refractivity contribution in [1.82, 2.24) is 0 Å². The van der Waals surface area contributed by atoms with Gasteiger partial charge in [0.15, 0.2) is 0 Å². The van der Waals surface area contributed by atoms with Crippen LogP contribution in [0.15, 0.2) is 5.18 Å². The molecule has 0 atom stereocenters. The molecule has 0 unspecified atom stereocenters. The lowest BCUT2D eigenvalue weighted by atomic mass is 9.93. The Morgan fingerprint density at radius 3 is 1.31 bits per heavy atom. The molecule has 0 radical (unpaired) electrons. The standard InChI is InChI=1S/C11H15NO/c1-6-7(2)9(4)11(12-13)10(5)8(6)3/h1-5H3. The van der Waals surface area contributed by atoms with Crippen LogP contribution in [-0.2, 0) is 0 Å². The van der Waals surface area contributed by atoms with E-state index in [9.17, 15) is 4.91 Å². The van der Waals surface area contributed by atoms with Crippen molar-refractivity contribution >= 4 is 5.69 Å². The molecule has 0 aliphatic heterocycles. The third-order valence-corrected chi connectivity index (χ3v) is 3.05. The summed E-state index contributed by atoms with van der Waals surface area (Å²) in [6.45, 7) is 10.0. The summed E-state index contributed by atoms with van der Waals surface area (Å²) >= 11 is 0. The molecule has 0 fully saturated rings. The van der Waals surface area contributed by atoms with Gasteiger partial charge in [-0.2, -0.15) is 0 Å². The van der Waals surface area contributed by atoms with E-state index in [-0.39, 0.29) is 0 Å². The Kier molecular flexibility index (Phi) is 2.50. The zero-order chi connectivity index (χ0) is 10.2. The van der Waals surface area contributed by atoms with Crippen molar-refractivity contribution in [2.45, 2.75) is 34.6 Å². The van der Waals surface area contributed by atoms with Gasteiger partial charge in [0.1, 0.15) is 5.69 Å². The van der Waals surface area contributed by atoms with Gasteiger partial charge in [0, 0.05) is 0 Å². The van der Waals surface area contributed by atoms with E-state index >= 15 is 0 Å². The molecule has 0 saturated heterocycles. The third-order valence-electron chi connectivity index (χ3n) is 3.05. The largest absolute Gasteiger partial charge is 0.145 e. The highest BCUT2D eigenvalue weighted by Gasteiger charge is 2.11. The van der Waals surface area contributed by atoms with E-state index in [1.54, 1.807) is 0 Å². The van der Waals surface area contributed by atoms with Crippen molar-refractivity contribution in [1.29, 1.82) is 0 Å². The molecule has 0 amide bonds. The maximum atomic E-state index is 10.6. The average Bonchev–Trinajstić information content (AvgIpc) is 2.13. The van der Waals surface area contributed by atoms with Crippen molar-refractivity contribution in [2.75, 3.05) is 0 Å². The van der Waals surface area contributed by atoms with Gasteiger partial charge in [0.25, 0.3) is 0 Å². The molecule has 0 aromatic heterocycles. The first-order chi connectivity index (χ1) is 6.00. The van der Waals surface area contributed by atoms with Gasteiger partial charge in [-0.1, -0.05) is 0 Å². The van der Waals surface area contributed by atoms with Crippen molar-refractivity contribution in [2.24, 2.45) is 5.18 Å². The lowest BCUT2D eigenvalue weighted by Gasteiger charge is -2.13. The molecule has 2 nitrogen and oxygen atoms in total. The van der Waals surface area contributed by atoms with Crippen LogP contribution in [0.5, 0.6) is 0 Å². The predicted octanol–water partition coefficient (Wildman–Crippen LogP) is 3.63. The van der Waals surface area contributed by atoms with E-state index in [1.165, 1.54) is 16.7 Å². The second kappa shape index (κ2) is 3.29. The fourth-order valence-electron chi connectivity index (χ4n) is 1.62. The quantitative estimate of drug-likeness (QED) is 0.602. The fraction of sp³-hybridized carbons (Fsp3) is 0.455. The molecule has 0 heterocycles. The molecule has 0 N–H and O–H groups in total. The monoisotopic (exact) mass is 177 g/mol. The summed E-state index contributed by atoms with van der Waals surface area (Å²) in [5.74, 6) is 0. The molecule has 70 valence electrons. The van der Waals surface area contributed by atoms with Crippen LogP contribution >= 0.6 is 0 Å². The Labute approximate surface area is 79.0 Å². The molecular weight excluding hydrogens is 162 g/mol. The van der Waals surface area contributed by atoms with Crippen LogP contribution < -0.4 is 0 Å². The molecule has 13 heavy (non-hydrogen) atoms. The first-order valence-electron chi connectivity index (χ1n) is 4.41. The summed E-state index contributed by atoms with van der Waals surface area (Å²) in [5.41, 5.74) is 6.25. The normalized spacial score (nSPS) is 10.2. The predicted molar refractivity (Wildman–Crippen MR) is 55.6 cm³/mol. The second-order valence-electron chi connectivity index (χ2n) is 3.56. The van der Waals surface area contributed by atoms with Gasteiger partial charge in [-0.3, -0.25) is 0 Å². The number of nitrogens with zero attached hydrogens (tertiary/aromatic N) is 1. The Morgan fingerprint density at radius 2 is 1.00 bits per heavy atom. The number of nitroso groups, excluding NO2 is 1. The van der Waals surface area contributed by atoms with Gasteiger partial charge in [-0.25, -0.2) is 0 Å². The van der Waals surface area contributed by atoms with Crippen LogP contribution in [0.3, 0.4) is 0 Å². The van der Waals surface area contributed by atoms with Crippen molar-refractivity contribution in [3.63, 3.8) is 0 Å². The van der Waals surface area contributed by atoms with Gasteiger partial charge in [-0.05, 0) is 67.6 Å². The number of hydrogen-bond acceptors (Lipinski definition) is 2. The molecule has 1 aromatic carbocycles. The van der Waals surface area contributed by atoms with E-state index in [0.29, 0.717) is 5.69 Å². The number of hydrogen-bond donors (Lipinski definition) is 0. The highest BCUT2D eigenvalue weighted by molar-refractivity contribution is 5.61. The molecule has 0 spiro atoms. The van der Waals surface area contributed by atoms with Crippen molar-refractivity contribution in [3.05, 3.63) is 32.7 Å². The molecule has 0 aliphatic carbocycles. The topological polar surface area (TPSA) is 29.4 Å². The smallest absolute Gasteiger partial charge is 0.114 e. The third kappa shape index (κ3) is 1.37. The molecule has 0 saturated carbocycles. The Balaban J connectivity index is 3.66. The summed E-state index contributed by atoms with van der Waals surface area (Å²) in [5, 5.41) is 3.08. The maximum Gasteiger partial charge on any atom is 0.114 e. The molecule has 0 aliphatic rings. The van der Waals surface area contributed by atoms with Gasteiger partial charge in [0.05, 0.1) is 0 Å². The lowest BCUT2D eigenvalue weighted by molar-refractivity contribution is 1.16. The highest BCUT2D eigenvalue weighted by atomic mass is 16.3. The maximum absolute atomic E-state index is 10.6. The first kappa shape index (κ1) is 9.90. The minimum atomic E-state index is 0.612. The minimum Gasteiger partial charge on any atom is -0.145 e. The van der Waals surface area contributed by atoms with Gasteiger partial charge < -0.3 is 0 Å². The lowest BCUT2D eigenvalue weighted by Crippen LogP contribution is -1.95. The van der Waals surface area contributed by atoms with E-state index in [1.807, 2.05) is 27.7 Å². The molecule has 0 bridgehead atoms. The summed E-state index contributed by atoms with van der Waals surface area (Å²) in [4.78, 5) is 10.6. The van der Waals surface area contributed by atoms with Gasteiger partial charge in [-0.15, -0.1) is 4.91 Å². The van der Waals surface area contributed by atoms with Crippen LogP contribution in [0.1, 0.15) is 27.8 Å². The summed E-state index contributed by atoms with van der Waals surface area (Å²) in [6, 6.07) is 0. The summed E-state index contributed by atoms with van der Waals surface area (Å²) in [7, 11) is 0. The number of benzene rings is 1. The number of rotatable bonds is 1. The summed E-state index contributed by atoms with van der Waals surface area (Å²) < 4.78 is 0. The second-order valence-corrected chi connectivity index (χ2v) is 3.56. The van der Waals surface area contributed by atoms with E-state index in [2.05, 4.69) is 12.1 Å². The Bertz CT molecular complexity index is 338. The molecule has 1 aromatic rings. The van der Waals surface area contributed by atoms with Gasteiger partial charge >= 0.3 is 0 Å². The van der Waals surface area contributed by atoms with Gasteiger partial charge in [0.2, 0.25) is 0 Å². The molecular formula is C11H15NO. The molecule has 2 heteroatoms. The van der Waals surface area contributed by atoms with Crippen LogP contribution in [0.25, 0.3) is 0 Å². The average molecular weight is 177 g/mol. The summed E-state index contributed by atoms with van der Waals surface area (Å²) in [6.07, 6.45) is 0. The van der Waals surface area contributed by atoms with Crippen molar-refractivity contribution < 1.29 is 0 Å². The van der Waals surface area contributed by atoms with Crippen LogP contribution in [0.4, 0.5) is 5.69 Å². The van der Waals surface area contributed by atoms with Crippen LogP contribution in [-0.4, -0.2) is 0 Å². The van der Waals surface area contributed by atoms with Crippen molar-refractivity contribution in [3.8, 4) is 0 Å². The first-order valence-corrected chi connectivity index (χ1v) is 4.41. The minimum absolute atomic E-state index is 0.612.